The molecule has 2 aliphatic heterocycles. The van der Waals surface area contributed by atoms with Crippen molar-refractivity contribution < 1.29 is 19.5 Å². The van der Waals surface area contributed by atoms with Crippen LogP contribution in [0.2, 0.25) is 0 Å². The monoisotopic (exact) mass is 347 g/mol. The first kappa shape index (κ1) is 16.5. The number of rotatable bonds is 4. The highest BCUT2D eigenvalue weighted by molar-refractivity contribution is 8.00. The van der Waals surface area contributed by atoms with E-state index < -0.39 is 41.3 Å². The van der Waals surface area contributed by atoms with E-state index in [1.807, 2.05) is 6.07 Å². The number of fused-ring (bicyclic) bond motifs is 1. The van der Waals surface area contributed by atoms with Gasteiger partial charge in [-0.05, 0) is 11.1 Å². The van der Waals surface area contributed by atoms with Crippen LogP contribution in [0.15, 0.2) is 42.5 Å². The molecule has 2 fully saturated rings. The standard InChI is InChI=1S/C16H17N3O4S/c1-8-7-24-15-11(14(21)19(15)12(8)16(22)23)18-13(20)10(17)9-5-3-2-4-6-9/h2-6,10-12,15H,1,7,17H2,(H,18,20)(H,22,23)/t10-,11-,12?,15-/m1/s1. The highest BCUT2D eigenvalue weighted by Crippen LogP contribution is 2.40. The van der Waals surface area contributed by atoms with E-state index in [2.05, 4.69) is 11.9 Å². The van der Waals surface area contributed by atoms with E-state index in [-0.39, 0.29) is 0 Å². The Labute approximate surface area is 142 Å². The SMILES string of the molecule is C=C1CS[C@@H]2[C@H](NC(=O)[C@H](N)c3ccccc3)C(=O)N2C1C(=O)O. The van der Waals surface area contributed by atoms with Crippen molar-refractivity contribution >= 4 is 29.5 Å². The van der Waals surface area contributed by atoms with Crippen LogP contribution >= 0.6 is 11.8 Å². The molecule has 2 saturated heterocycles. The summed E-state index contributed by atoms with van der Waals surface area (Å²) >= 11 is 1.39. The summed E-state index contributed by atoms with van der Waals surface area (Å²) in [5.41, 5.74) is 7.04. The molecule has 1 aromatic rings. The summed E-state index contributed by atoms with van der Waals surface area (Å²) in [7, 11) is 0. The lowest BCUT2D eigenvalue weighted by Gasteiger charge is -2.52. The zero-order valence-corrected chi connectivity index (χ0v) is 13.5. The summed E-state index contributed by atoms with van der Waals surface area (Å²) in [6, 6.07) is 6.17. The summed E-state index contributed by atoms with van der Waals surface area (Å²) in [5, 5.41) is 11.5. The summed E-state index contributed by atoms with van der Waals surface area (Å²) in [6.07, 6.45) is 0. The van der Waals surface area contributed by atoms with Gasteiger partial charge in [-0.3, -0.25) is 9.59 Å². The number of aliphatic carboxylic acids is 1. The molecule has 8 heteroatoms. The quantitative estimate of drug-likeness (QED) is 0.526. The molecule has 0 aliphatic carbocycles. The average Bonchev–Trinajstić information content (AvgIpc) is 2.59. The van der Waals surface area contributed by atoms with Crippen molar-refractivity contribution in [2.45, 2.75) is 23.5 Å². The number of carboxylic acid groups (broad SMARTS) is 1. The number of β-lactam (4-membered cyclic amide) rings is 1. The fraction of sp³-hybridized carbons (Fsp3) is 0.312. The molecule has 2 amide bonds. The molecule has 0 radical (unpaired) electrons. The van der Waals surface area contributed by atoms with Crippen molar-refractivity contribution in [1.82, 2.24) is 10.2 Å². The van der Waals surface area contributed by atoms with Gasteiger partial charge >= 0.3 is 5.97 Å². The minimum absolute atomic E-state index is 0.406. The van der Waals surface area contributed by atoms with E-state index in [0.717, 1.165) is 0 Å². The lowest BCUT2D eigenvalue weighted by Crippen LogP contribution is -2.74. The van der Waals surface area contributed by atoms with Crippen molar-refractivity contribution in [2.24, 2.45) is 5.73 Å². The minimum atomic E-state index is -1.11. The Balaban J connectivity index is 1.69. The van der Waals surface area contributed by atoms with Crippen molar-refractivity contribution in [1.29, 1.82) is 0 Å². The van der Waals surface area contributed by atoms with Crippen LogP contribution in [0, 0.1) is 0 Å². The molecule has 1 unspecified atom stereocenters. The zero-order valence-electron chi connectivity index (χ0n) is 12.7. The van der Waals surface area contributed by atoms with Crippen molar-refractivity contribution in [2.75, 3.05) is 5.75 Å². The van der Waals surface area contributed by atoms with E-state index in [4.69, 9.17) is 5.73 Å². The van der Waals surface area contributed by atoms with Crippen molar-refractivity contribution in [3.63, 3.8) is 0 Å². The van der Waals surface area contributed by atoms with E-state index in [9.17, 15) is 19.5 Å². The second-order valence-corrected chi connectivity index (χ2v) is 6.83. The predicted octanol–water partition coefficient (Wildman–Crippen LogP) is 0.0957. The van der Waals surface area contributed by atoms with Gasteiger partial charge in [0.15, 0.2) is 6.04 Å². The number of hydrogen-bond acceptors (Lipinski definition) is 5. The van der Waals surface area contributed by atoms with Gasteiger partial charge in [-0.2, -0.15) is 0 Å². The molecule has 4 N–H and O–H groups in total. The number of carbonyl (C=O) groups excluding carboxylic acids is 2. The molecular formula is C16H17N3O4S. The fourth-order valence-electron chi connectivity index (χ4n) is 2.89. The lowest BCUT2D eigenvalue weighted by molar-refractivity contribution is -0.160. The van der Waals surface area contributed by atoms with Crippen LogP contribution in [-0.2, 0) is 14.4 Å². The van der Waals surface area contributed by atoms with Crippen LogP contribution in [0.5, 0.6) is 0 Å². The van der Waals surface area contributed by atoms with E-state index >= 15 is 0 Å². The van der Waals surface area contributed by atoms with Gasteiger partial charge in [-0.15, -0.1) is 11.8 Å². The zero-order chi connectivity index (χ0) is 17.4. The first-order valence-corrected chi connectivity index (χ1v) is 8.42. The van der Waals surface area contributed by atoms with Crippen molar-refractivity contribution in [3.8, 4) is 0 Å². The fourth-order valence-corrected chi connectivity index (χ4v) is 4.19. The van der Waals surface area contributed by atoms with Gasteiger partial charge in [-0.25, -0.2) is 4.79 Å². The van der Waals surface area contributed by atoms with Gasteiger partial charge in [0, 0.05) is 5.75 Å². The average molecular weight is 347 g/mol. The Morgan fingerprint density at radius 2 is 2.04 bits per heavy atom. The second-order valence-electron chi connectivity index (χ2n) is 5.72. The number of hydrogen-bond donors (Lipinski definition) is 3. The van der Waals surface area contributed by atoms with Gasteiger partial charge < -0.3 is 21.1 Å². The topological polar surface area (TPSA) is 113 Å². The van der Waals surface area contributed by atoms with E-state index in [0.29, 0.717) is 16.9 Å². The van der Waals surface area contributed by atoms with Gasteiger partial charge in [0.05, 0.1) is 0 Å². The molecule has 2 heterocycles. The van der Waals surface area contributed by atoms with Crippen molar-refractivity contribution in [3.05, 3.63) is 48.0 Å². The van der Waals surface area contributed by atoms with Crippen LogP contribution in [-0.4, -0.2) is 51.0 Å². The molecule has 0 bridgehead atoms. The molecule has 0 saturated carbocycles. The molecule has 0 spiro atoms. The molecular weight excluding hydrogens is 330 g/mol. The molecule has 2 aliphatic rings. The predicted molar refractivity (Wildman–Crippen MR) is 89.0 cm³/mol. The van der Waals surface area contributed by atoms with Gasteiger partial charge in [-0.1, -0.05) is 36.9 Å². The first-order valence-electron chi connectivity index (χ1n) is 7.37. The highest BCUT2D eigenvalue weighted by atomic mass is 32.2. The normalized spacial score (nSPS) is 27.0. The number of thioether (sulfide) groups is 1. The Morgan fingerprint density at radius 1 is 1.38 bits per heavy atom. The minimum Gasteiger partial charge on any atom is -0.479 e. The number of nitrogens with zero attached hydrogens (tertiary/aromatic N) is 1. The van der Waals surface area contributed by atoms with E-state index in [1.165, 1.54) is 16.7 Å². The third kappa shape index (κ3) is 2.67. The maximum absolute atomic E-state index is 12.3. The Kier molecular flexibility index (Phi) is 4.33. The molecule has 4 atom stereocenters. The molecule has 1 aromatic carbocycles. The third-order valence-electron chi connectivity index (χ3n) is 4.16. The number of benzene rings is 1. The molecule has 126 valence electrons. The van der Waals surface area contributed by atoms with Gasteiger partial charge in [0.1, 0.15) is 17.5 Å². The van der Waals surface area contributed by atoms with Gasteiger partial charge in [0.2, 0.25) is 11.8 Å². The van der Waals surface area contributed by atoms with E-state index in [1.54, 1.807) is 24.3 Å². The van der Waals surface area contributed by atoms with Crippen LogP contribution in [0.4, 0.5) is 0 Å². The van der Waals surface area contributed by atoms with Crippen LogP contribution in [0.3, 0.4) is 0 Å². The number of nitrogens with one attached hydrogen (secondary N) is 1. The second kappa shape index (κ2) is 6.29. The number of amides is 2. The molecule has 3 rings (SSSR count). The Bertz CT molecular complexity index is 709. The number of nitrogens with two attached hydrogens (primary N) is 1. The van der Waals surface area contributed by atoms with Crippen LogP contribution in [0.25, 0.3) is 0 Å². The van der Waals surface area contributed by atoms with Crippen LogP contribution < -0.4 is 11.1 Å². The summed E-state index contributed by atoms with van der Waals surface area (Å²) in [6.45, 7) is 3.72. The smallest absolute Gasteiger partial charge is 0.330 e. The molecule has 7 nitrogen and oxygen atoms in total. The Morgan fingerprint density at radius 3 is 2.67 bits per heavy atom. The molecule has 24 heavy (non-hydrogen) atoms. The maximum atomic E-state index is 12.3. The lowest BCUT2D eigenvalue weighted by atomic mass is 9.98. The third-order valence-corrected chi connectivity index (χ3v) is 5.54. The number of carbonyl (C=O) groups is 3. The number of carboxylic acids is 1. The summed E-state index contributed by atoms with van der Waals surface area (Å²) < 4.78 is 0. The Hall–Kier alpha value is -2.32. The van der Waals surface area contributed by atoms with Gasteiger partial charge in [0.25, 0.3) is 0 Å². The highest BCUT2D eigenvalue weighted by Gasteiger charge is 2.56. The first-order chi connectivity index (χ1) is 11.4. The van der Waals surface area contributed by atoms with Crippen LogP contribution in [0.1, 0.15) is 11.6 Å². The maximum Gasteiger partial charge on any atom is 0.330 e. The summed E-state index contributed by atoms with van der Waals surface area (Å²) in [4.78, 5) is 37.2. The summed E-state index contributed by atoms with van der Waals surface area (Å²) in [5.74, 6) is -1.56. The largest absolute Gasteiger partial charge is 0.479 e. The molecule has 0 aromatic heterocycles.